The first-order valence-corrected chi connectivity index (χ1v) is 8.30. The Morgan fingerprint density at radius 3 is 2.79 bits per heavy atom. The number of methoxy groups -OCH3 is 1. The zero-order valence-electron chi connectivity index (χ0n) is 10.3. The molecule has 1 aromatic rings. The number of anilines is 1. The fourth-order valence-electron chi connectivity index (χ4n) is 1.43. The van der Waals surface area contributed by atoms with E-state index in [-0.39, 0.29) is 10.7 Å². The van der Waals surface area contributed by atoms with Gasteiger partial charge in [-0.05, 0) is 24.6 Å². The van der Waals surface area contributed by atoms with Crippen LogP contribution in [0.15, 0.2) is 22.7 Å². The molecular weight excluding hydrogens is 352 g/mol. The van der Waals surface area contributed by atoms with Crippen molar-refractivity contribution in [3.05, 3.63) is 28.2 Å². The summed E-state index contributed by atoms with van der Waals surface area (Å²) in [6.07, 6.45) is 0.419. The number of sulfonamides is 1. The van der Waals surface area contributed by atoms with Crippen molar-refractivity contribution in [1.29, 1.82) is 0 Å². The van der Waals surface area contributed by atoms with Crippen LogP contribution in [0, 0.1) is 0 Å². The minimum atomic E-state index is -3.45. The quantitative estimate of drug-likeness (QED) is 0.568. The third-order valence-electron chi connectivity index (χ3n) is 2.27. The highest BCUT2D eigenvalue weighted by molar-refractivity contribution is 9.10. The maximum absolute atomic E-state index is 11.9. The molecule has 0 atom stereocenters. The van der Waals surface area contributed by atoms with E-state index in [9.17, 15) is 8.42 Å². The van der Waals surface area contributed by atoms with E-state index in [0.717, 1.165) is 4.47 Å². The molecule has 0 saturated carbocycles. The number of ether oxygens (including phenoxy) is 1. The van der Waals surface area contributed by atoms with E-state index < -0.39 is 10.0 Å². The molecule has 5 nitrogen and oxygen atoms in total. The minimum absolute atomic E-state index is 0.0237. The Labute approximate surface area is 126 Å². The lowest BCUT2D eigenvalue weighted by Crippen LogP contribution is -2.21. The molecule has 0 aliphatic heterocycles. The zero-order chi connectivity index (χ0) is 14.5. The van der Waals surface area contributed by atoms with Crippen molar-refractivity contribution < 1.29 is 13.2 Å². The van der Waals surface area contributed by atoms with Gasteiger partial charge in [0.05, 0.1) is 11.4 Å². The van der Waals surface area contributed by atoms with Crippen LogP contribution in [0.2, 0.25) is 0 Å². The van der Waals surface area contributed by atoms with Crippen LogP contribution in [-0.4, -0.2) is 32.9 Å². The van der Waals surface area contributed by atoms with Gasteiger partial charge in [-0.1, -0.05) is 28.1 Å². The molecular formula is C11H15BrN2O3S2. The van der Waals surface area contributed by atoms with Gasteiger partial charge in [0, 0.05) is 23.8 Å². The van der Waals surface area contributed by atoms with E-state index in [2.05, 4.69) is 20.7 Å². The largest absolute Gasteiger partial charge is 0.389 e. The van der Waals surface area contributed by atoms with Crippen LogP contribution in [-0.2, 0) is 14.8 Å². The van der Waals surface area contributed by atoms with Crippen molar-refractivity contribution in [2.75, 3.05) is 24.2 Å². The highest BCUT2D eigenvalue weighted by atomic mass is 79.9. The van der Waals surface area contributed by atoms with Gasteiger partial charge in [0.25, 0.3) is 0 Å². The molecule has 0 radical (unpaired) electrons. The van der Waals surface area contributed by atoms with Gasteiger partial charge in [-0.25, -0.2) is 8.42 Å². The number of nitrogens with one attached hydrogen (secondary N) is 1. The maximum Gasteiger partial charge on any atom is 0.232 e. The first-order chi connectivity index (χ1) is 8.85. The SMILES string of the molecule is COCCCS(=O)(=O)Nc1cc(Br)ccc1C(N)=S. The van der Waals surface area contributed by atoms with Gasteiger partial charge in [0.15, 0.2) is 0 Å². The summed E-state index contributed by atoms with van der Waals surface area (Å²) in [5.74, 6) is -0.0237. The molecule has 19 heavy (non-hydrogen) atoms. The molecule has 8 heteroatoms. The molecule has 0 heterocycles. The number of rotatable bonds is 7. The van der Waals surface area contributed by atoms with Crippen molar-refractivity contribution in [2.45, 2.75) is 6.42 Å². The Bertz CT molecular complexity index is 561. The number of benzene rings is 1. The lowest BCUT2D eigenvalue weighted by molar-refractivity contribution is 0.199. The molecule has 106 valence electrons. The molecule has 0 aromatic heterocycles. The fraction of sp³-hybridized carbons (Fsp3) is 0.364. The second-order valence-corrected chi connectivity index (χ2v) is 7.02. The van der Waals surface area contributed by atoms with Gasteiger partial charge in [0.2, 0.25) is 10.0 Å². The third-order valence-corrected chi connectivity index (χ3v) is 4.34. The minimum Gasteiger partial charge on any atom is -0.389 e. The first kappa shape index (κ1) is 16.4. The second kappa shape index (κ2) is 7.18. The highest BCUT2D eigenvalue weighted by Gasteiger charge is 2.14. The van der Waals surface area contributed by atoms with Crippen LogP contribution in [0.4, 0.5) is 5.69 Å². The van der Waals surface area contributed by atoms with Crippen LogP contribution in [0.25, 0.3) is 0 Å². The van der Waals surface area contributed by atoms with Gasteiger partial charge in [0.1, 0.15) is 4.99 Å². The highest BCUT2D eigenvalue weighted by Crippen LogP contribution is 2.22. The van der Waals surface area contributed by atoms with Gasteiger partial charge in [-0.2, -0.15) is 0 Å². The second-order valence-electron chi connectivity index (χ2n) is 3.82. The molecule has 0 bridgehead atoms. The summed E-state index contributed by atoms with van der Waals surface area (Å²) in [6.45, 7) is 0.390. The fourth-order valence-corrected chi connectivity index (χ4v) is 3.07. The predicted octanol–water partition coefficient (Wildman–Crippen LogP) is 1.86. The molecule has 0 amide bonds. The molecule has 0 aliphatic carbocycles. The van der Waals surface area contributed by atoms with Crippen LogP contribution in [0.3, 0.4) is 0 Å². The number of thiocarbonyl (C=S) groups is 1. The molecule has 0 fully saturated rings. The lowest BCUT2D eigenvalue weighted by atomic mass is 10.2. The molecule has 1 aromatic carbocycles. The summed E-state index contributed by atoms with van der Waals surface area (Å²) in [7, 11) is -1.92. The molecule has 0 saturated heterocycles. The van der Waals surface area contributed by atoms with Crippen molar-refractivity contribution in [2.24, 2.45) is 5.73 Å². The molecule has 3 N–H and O–H groups in total. The van der Waals surface area contributed by atoms with Gasteiger partial charge < -0.3 is 10.5 Å². The molecule has 0 unspecified atom stereocenters. The summed E-state index contributed by atoms with van der Waals surface area (Å²) in [5, 5.41) is 0. The lowest BCUT2D eigenvalue weighted by Gasteiger charge is -2.12. The van der Waals surface area contributed by atoms with E-state index in [1.807, 2.05) is 0 Å². The molecule has 0 spiro atoms. The van der Waals surface area contributed by atoms with Crippen molar-refractivity contribution in [1.82, 2.24) is 0 Å². The molecule has 1 rings (SSSR count). The standard InChI is InChI=1S/C11H15BrN2O3S2/c1-17-5-2-6-19(15,16)14-10-7-8(12)3-4-9(10)11(13)18/h3-4,7,14H,2,5-6H2,1H3,(H2,13,18). The molecule has 0 aliphatic rings. The van der Waals surface area contributed by atoms with Gasteiger partial charge >= 0.3 is 0 Å². The topological polar surface area (TPSA) is 81.4 Å². The zero-order valence-corrected chi connectivity index (χ0v) is 13.6. The summed E-state index contributed by atoms with van der Waals surface area (Å²) in [5.41, 5.74) is 6.43. The Hall–Kier alpha value is -0.700. The van der Waals surface area contributed by atoms with Crippen LogP contribution in [0.1, 0.15) is 12.0 Å². The monoisotopic (exact) mass is 366 g/mol. The van der Waals surface area contributed by atoms with Crippen LogP contribution >= 0.6 is 28.1 Å². The third kappa shape index (κ3) is 5.43. The van der Waals surface area contributed by atoms with Gasteiger partial charge in [-0.3, -0.25) is 4.72 Å². The normalized spacial score (nSPS) is 11.3. The summed E-state index contributed by atoms with van der Waals surface area (Å²) < 4.78 is 31.8. The summed E-state index contributed by atoms with van der Waals surface area (Å²) in [4.78, 5) is 0.141. The Morgan fingerprint density at radius 2 is 2.21 bits per heavy atom. The van der Waals surface area contributed by atoms with Crippen molar-refractivity contribution >= 4 is 48.8 Å². The van der Waals surface area contributed by atoms with Crippen LogP contribution < -0.4 is 10.5 Å². The number of hydrogen-bond donors (Lipinski definition) is 2. The number of halogens is 1. The summed E-state index contributed by atoms with van der Waals surface area (Å²) >= 11 is 8.17. The Kier molecular flexibility index (Phi) is 6.18. The van der Waals surface area contributed by atoms with E-state index in [0.29, 0.717) is 24.3 Å². The maximum atomic E-state index is 11.9. The Morgan fingerprint density at radius 1 is 1.53 bits per heavy atom. The predicted molar refractivity (Wildman–Crippen MR) is 83.9 cm³/mol. The first-order valence-electron chi connectivity index (χ1n) is 5.44. The average molecular weight is 367 g/mol. The van der Waals surface area contributed by atoms with Crippen LogP contribution in [0.5, 0.6) is 0 Å². The van der Waals surface area contributed by atoms with E-state index in [1.54, 1.807) is 18.2 Å². The van der Waals surface area contributed by atoms with E-state index in [1.165, 1.54) is 7.11 Å². The van der Waals surface area contributed by atoms with Crippen molar-refractivity contribution in [3.63, 3.8) is 0 Å². The van der Waals surface area contributed by atoms with E-state index in [4.69, 9.17) is 22.7 Å². The van der Waals surface area contributed by atoms with E-state index >= 15 is 0 Å². The van der Waals surface area contributed by atoms with Gasteiger partial charge in [-0.15, -0.1) is 0 Å². The smallest absolute Gasteiger partial charge is 0.232 e. The summed E-state index contributed by atoms with van der Waals surface area (Å²) in [6, 6.07) is 5.04. The number of nitrogens with two attached hydrogens (primary N) is 1. The number of hydrogen-bond acceptors (Lipinski definition) is 4. The Balaban J connectivity index is 2.92. The van der Waals surface area contributed by atoms with Crippen molar-refractivity contribution in [3.8, 4) is 0 Å². The average Bonchev–Trinajstić information content (AvgIpc) is 2.28.